The molecule has 0 spiro atoms. The molecule has 0 saturated carbocycles. The molecule has 3 nitrogen and oxygen atoms in total. The fourth-order valence-electron chi connectivity index (χ4n) is 1.94. The van der Waals surface area contributed by atoms with Crippen LogP contribution in [0.1, 0.15) is 18.9 Å². The molecule has 0 fully saturated rings. The molecule has 0 bridgehead atoms. The first-order chi connectivity index (χ1) is 8.21. The van der Waals surface area contributed by atoms with Gasteiger partial charge in [0.1, 0.15) is 5.75 Å². The van der Waals surface area contributed by atoms with E-state index in [2.05, 4.69) is 18.3 Å². The van der Waals surface area contributed by atoms with Crippen molar-refractivity contribution in [1.82, 2.24) is 5.32 Å². The van der Waals surface area contributed by atoms with Gasteiger partial charge in [-0.3, -0.25) is 0 Å². The van der Waals surface area contributed by atoms with Gasteiger partial charge >= 0.3 is 0 Å². The van der Waals surface area contributed by atoms with E-state index in [4.69, 9.17) is 9.47 Å². The molecule has 1 aromatic carbocycles. The summed E-state index contributed by atoms with van der Waals surface area (Å²) >= 11 is 0. The number of nitrogens with one attached hydrogen (secondary N) is 1. The molecular weight excluding hydrogens is 214 g/mol. The Bertz CT molecular complexity index is 328. The van der Waals surface area contributed by atoms with Crippen molar-refractivity contribution >= 4 is 0 Å². The smallest absolute Gasteiger partial charge is 0.122 e. The highest BCUT2D eigenvalue weighted by molar-refractivity contribution is 5.33. The molecule has 1 N–H and O–H groups in total. The zero-order chi connectivity index (χ0) is 12.7. The van der Waals surface area contributed by atoms with Gasteiger partial charge in [-0.15, -0.1) is 0 Å². The molecule has 17 heavy (non-hydrogen) atoms. The summed E-state index contributed by atoms with van der Waals surface area (Å²) in [7, 11) is 5.45. The maximum absolute atomic E-state index is 5.36. The van der Waals surface area contributed by atoms with Crippen molar-refractivity contribution in [2.45, 2.75) is 31.9 Å². The van der Waals surface area contributed by atoms with E-state index < -0.39 is 0 Å². The zero-order valence-corrected chi connectivity index (χ0v) is 11.2. The molecule has 3 heteroatoms. The molecule has 2 unspecified atom stereocenters. The topological polar surface area (TPSA) is 30.5 Å². The summed E-state index contributed by atoms with van der Waals surface area (Å²) < 4.78 is 10.7. The molecule has 0 aliphatic rings. The third-order valence-electron chi connectivity index (χ3n) is 3.09. The summed E-state index contributed by atoms with van der Waals surface area (Å²) in [5, 5.41) is 3.33. The molecule has 0 radical (unpaired) electrons. The number of benzene rings is 1. The molecule has 96 valence electrons. The third kappa shape index (κ3) is 4.36. The van der Waals surface area contributed by atoms with Gasteiger partial charge in [0.05, 0.1) is 13.2 Å². The van der Waals surface area contributed by atoms with Crippen molar-refractivity contribution in [2.24, 2.45) is 0 Å². The molecule has 2 atom stereocenters. The molecular formula is C14H23NO2. The van der Waals surface area contributed by atoms with E-state index in [1.165, 1.54) is 5.56 Å². The van der Waals surface area contributed by atoms with Gasteiger partial charge in [0.15, 0.2) is 0 Å². The molecule has 1 aromatic rings. The minimum Gasteiger partial charge on any atom is -0.496 e. The first kappa shape index (κ1) is 14.0. The molecule has 0 aliphatic carbocycles. The summed E-state index contributed by atoms with van der Waals surface area (Å²) in [4.78, 5) is 0. The Morgan fingerprint density at radius 1 is 1.24 bits per heavy atom. The van der Waals surface area contributed by atoms with E-state index >= 15 is 0 Å². The normalized spacial score (nSPS) is 14.4. The van der Waals surface area contributed by atoms with E-state index in [-0.39, 0.29) is 6.10 Å². The predicted molar refractivity (Wildman–Crippen MR) is 70.6 cm³/mol. The molecule has 1 rings (SSSR count). The number of likely N-dealkylation sites (N-methyl/N-ethyl adjacent to an activating group) is 1. The quantitative estimate of drug-likeness (QED) is 0.789. The van der Waals surface area contributed by atoms with E-state index in [1.54, 1.807) is 14.2 Å². The summed E-state index contributed by atoms with van der Waals surface area (Å²) in [6, 6.07) is 8.56. The summed E-state index contributed by atoms with van der Waals surface area (Å²) in [6.45, 7) is 2.09. The van der Waals surface area contributed by atoms with Gasteiger partial charge in [-0.2, -0.15) is 0 Å². The highest BCUT2D eigenvalue weighted by Gasteiger charge is 2.13. The van der Waals surface area contributed by atoms with Crippen molar-refractivity contribution < 1.29 is 9.47 Å². The standard InChI is InChI=1S/C14H23NO2/c1-11(16-3)9-13(15-2)10-12-7-5-6-8-14(12)17-4/h5-8,11,13,15H,9-10H2,1-4H3. The number of hydrogen-bond donors (Lipinski definition) is 1. The fourth-order valence-corrected chi connectivity index (χ4v) is 1.94. The SMILES string of the molecule is CNC(Cc1ccccc1OC)CC(C)OC. The lowest BCUT2D eigenvalue weighted by Crippen LogP contribution is -2.31. The van der Waals surface area contributed by atoms with Crippen LogP contribution in [0.15, 0.2) is 24.3 Å². The minimum absolute atomic E-state index is 0.266. The van der Waals surface area contributed by atoms with Crippen LogP contribution in [0.2, 0.25) is 0 Å². The lowest BCUT2D eigenvalue weighted by atomic mass is 10.0. The second kappa shape index (κ2) is 7.30. The molecule has 0 amide bonds. The first-order valence-corrected chi connectivity index (χ1v) is 6.03. The van der Waals surface area contributed by atoms with Gasteiger partial charge < -0.3 is 14.8 Å². The van der Waals surface area contributed by atoms with Crippen molar-refractivity contribution in [2.75, 3.05) is 21.3 Å². The van der Waals surface area contributed by atoms with Crippen molar-refractivity contribution in [3.8, 4) is 5.75 Å². The van der Waals surface area contributed by atoms with Crippen LogP contribution in [0, 0.1) is 0 Å². The molecule has 0 saturated heterocycles. The number of rotatable bonds is 7. The maximum atomic E-state index is 5.36. The van der Waals surface area contributed by atoms with Gasteiger partial charge in [-0.25, -0.2) is 0 Å². The van der Waals surface area contributed by atoms with Crippen LogP contribution in [-0.4, -0.2) is 33.4 Å². The van der Waals surface area contributed by atoms with Crippen LogP contribution in [0.5, 0.6) is 5.75 Å². The number of hydrogen-bond acceptors (Lipinski definition) is 3. The predicted octanol–water partition coefficient (Wildman–Crippen LogP) is 2.25. The molecule has 0 aliphatic heterocycles. The molecule has 0 aromatic heterocycles. The van der Waals surface area contributed by atoms with Crippen LogP contribution < -0.4 is 10.1 Å². The summed E-state index contributed by atoms with van der Waals surface area (Å²) in [5.41, 5.74) is 1.23. The van der Waals surface area contributed by atoms with Crippen LogP contribution in [-0.2, 0) is 11.2 Å². The Hall–Kier alpha value is -1.06. The van der Waals surface area contributed by atoms with Crippen LogP contribution in [0.25, 0.3) is 0 Å². The van der Waals surface area contributed by atoms with Crippen molar-refractivity contribution in [1.29, 1.82) is 0 Å². The third-order valence-corrected chi connectivity index (χ3v) is 3.09. The Morgan fingerprint density at radius 3 is 2.53 bits per heavy atom. The van der Waals surface area contributed by atoms with E-state index in [9.17, 15) is 0 Å². The van der Waals surface area contributed by atoms with Crippen molar-refractivity contribution in [3.63, 3.8) is 0 Å². The summed E-state index contributed by atoms with van der Waals surface area (Å²) in [5.74, 6) is 0.956. The monoisotopic (exact) mass is 237 g/mol. The highest BCUT2D eigenvalue weighted by Crippen LogP contribution is 2.20. The molecule has 0 heterocycles. The van der Waals surface area contributed by atoms with Crippen LogP contribution in [0.3, 0.4) is 0 Å². The Balaban J connectivity index is 2.66. The van der Waals surface area contributed by atoms with Gasteiger partial charge in [0.2, 0.25) is 0 Å². The van der Waals surface area contributed by atoms with Crippen LogP contribution >= 0.6 is 0 Å². The van der Waals surface area contributed by atoms with Gasteiger partial charge in [-0.1, -0.05) is 18.2 Å². The lowest BCUT2D eigenvalue weighted by molar-refractivity contribution is 0.101. The second-order valence-corrected chi connectivity index (χ2v) is 4.28. The zero-order valence-electron chi connectivity index (χ0n) is 11.2. The maximum Gasteiger partial charge on any atom is 0.122 e. The number of ether oxygens (including phenoxy) is 2. The Labute approximate surface area is 104 Å². The van der Waals surface area contributed by atoms with Gasteiger partial charge in [0, 0.05) is 13.2 Å². The number of para-hydroxylation sites is 1. The summed E-state index contributed by atoms with van der Waals surface area (Å²) in [6.07, 6.45) is 2.21. The Morgan fingerprint density at radius 2 is 1.94 bits per heavy atom. The van der Waals surface area contributed by atoms with E-state index in [0.29, 0.717) is 6.04 Å². The number of methoxy groups -OCH3 is 2. The van der Waals surface area contributed by atoms with E-state index in [1.807, 2.05) is 25.2 Å². The average molecular weight is 237 g/mol. The first-order valence-electron chi connectivity index (χ1n) is 6.03. The van der Waals surface area contributed by atoms with Crippen molar-refractivity contribution in [3.05, 3.63) is 29.8 Å². The van der Waals surface area contributed by atoms with Crippen LogP contribution in [0.4, 0.5) is 0 Å². The average Bonchev–Trinajstić information content (AvgIpc) is 2.38. The fraction of sp³-hybridized carbons (Fsp3) is 0.571. The van der Waals surface area contributed by atoms with Gasteiger partial charge in [0.25, 0.3) is 0 Å². The minimum atomic E-state index is 0.266. The largest absolute Gasteiger partial charge is 0.496 e. The Kier molecular flexibility index (Phi) is 6.01. The van der Waals surface area contributed by atoms with E-state index in [0.717, 1.165) is 18.6 Å². The van der Waals surface area contributed by atoms with Gasteiger partial charge in [-0.05, 0) is 38.4 Å². The second-order valence-electron chi connectivity index (χ2n) is 4.28. The lowest BCUT2D eigenvalue weighted by Gasteiger charge is -2.20. The highest BCUT2D eigenvalue weighted by atomic mass is 16.5.